The van der Waals surface area contributed by atoms with Crippen LogP contribution in [0.25, 0.3) is 0 Å². The first-order valence-corrected chi connectivity index (χ1v) is 9.97. The van der Waals surface area contributed by atoms with Gasteiger partial charge in [0.25, 0.3) is 11.8 Å². The Morgan fingerprint density at radius 3 is 2.26 bits per heavy atom. The maximum atomic E-state index is 12.3. The molecule has 2 heterocycles. The standard InChI is InChI=1S/C24H21N3O4/c1-16-8-11-18(12-9-16)31-22-13-10-17(15-25-22)26-21(28)7-4-14-27-23(29)19-5-2-3-6-20(19)24(27)30/h2-3,5-6,8-13,15H,4,7,14H2,1H3,(H,26,28). The summed E-state index contributed by atoms with van der Waals surface area (Å²) in [5.74, 6) is 0.268. The Labute approximate surface area is 179 Å². The van der Waals surface area contributed by atoms with Crippen LogP contribution in [0, 0.1) is 6.92 Å². The van der Waals surface area contributed by atoms with Crippen LogP contribution in [-0.4, -0.2) is 34.2 Å². The van der Waals surface area contributed by atoms with E-state index < -0.39 is 0 Å². The van der Waals surface area contributed by atoms with Crippen molar-refractivity contribution in [2.24, 2.45) is 0 Å². The summed E-state index contributed by atoms with van der Waals surface area (Å²) in [5.41, 5.74) is 2.51. The van der Waals surface area contributed by atoms with E-state index >= 15 is 0 Å². The summed E-state index contributed by atoms with van der Waals surface area (Å²) in [5, 5.41) is 2.76. The van der Waals surface area contributed by atoms with Crippen LogP contribution in [0.15, 0.2) is 66.9 Å². The van der Waals surface area contributed by atoms with E-state index in [0.29, 0.717) is 34.9 Å². The van der Waals surface area contributed by atoms with E-state index in [9.17, 15) is 14.4 Å². The van der Waals surface area contributed by atoms with E-state index in [0.717, 1.165) is 5.56 Å². The zero-order valence-corrected chi connectivity index (χ0v) is 17.0. The lowest BCUT2D eigenvalue weighted by molar-refractivity contribution is -0.116. The van der Waals surface area contributed by atoms with Crippen LogP contribution >= 0.6 is 0 Å². The Bertz CT molecular complexity index is 1090. The van der Waals surface area contributed by atoms with Crippen molar-refractivity contribution in [3.63, 3.8) is 0 Å². The number of carbonyl (C=O) groups is 3. The summed E-state index contributed by atoms with van der Waals surface area (Å²) in [6, 6.07) is 17.7. The van der Waals surface area contributed by atoms with Crippen molar-refractivity contribution in [2.45, 2.75) is 19.8 Å². The van der Waals surface area contributed by atoms with E-state index in [2.05, 4.69) is 10.3 Å². The van der Waals surface area contributed by atoms with Gasteiger partial charge < -0.3 is 10.1 Å². The summed E-state index contributed by atoms with van der Waals surface area (Å²) in [6.45, 7) is 2.20. The van der Waals surface area contributed by atoms with E-state index in [4.69, 9.17) is 4.74 Å². The second-order valence-corrected chi connectivity index (χ2v) is 7.26. The van der Waals surface area contributed by atoms with Crippen LogP contribution in [-0.2, 0) is 4.79 Å². The Morgan fingerprint density at radius 1 is 0.968 bits per heavy atom. The molecule has 3 amide bonds. The molecule has 0 spiro atoms. The first kappa shape index (κ1) is 20.3. The fourth-order valence-electron chi connectivity index (χ4n) is 3.31. The van der Waals surface area contributed by atoms with Crippen LogP contribution in [0.5, 0.6) is 11.6 Å². The molecule has 0 aliphatic carbocycles. The van der Waals surface area contributed by atoms with Gasteiger partial charge in [-0.25, -0.2) is 4.98 Å². The third-order valence-electron chi connectivity index (χ3n) is 4.93. The predicted octanol–water partition coefficient (Wildman–Crippen LogP) is 4.20. The molecule has 7 heteroatoms. The molecule has 0 saturated carbocycles. The molecule has 4 rings (SSSR count). The molecule has 0 bridgehead atoms. The quantitative estimate of drug-likeness (QED) is 0.585. The van der Waals surface area contributed by atoms with Crippen LogP contribution < -0.4 is 10.1 Å². The number of amides is 3. The van der Waals surface area contributed by atoms with E-state index in [1.807, 2.05) is 31.2 Å². The molecule has 1 aliphatic heterocycles. The number of aryl methyl sites for hydroxylation is 1. The monoisotopic (exact) mass is 415 g/mol. The molecule has 0 saturated heterocycles. The normalized spacial score (nSPS) is 12.6. The molecule has 0 unspecified atom stereocenters. The van der Waals surface area contributed by atoms with Gasteiger partial charge in [-0.1, -0.05) is 29.8 Å². The Morgan fingerprint density at radius 2 is 1.65 bits per heavy atom. The first-order valence-electron chi connectivity index (χ1n) is 9.97. The number of carbonyl (C=O) groups excluding carboxylic acids is 3. The number of nitrogens with one attached hydrogen (secondary N) is 1. The molecule has 0 atom stereocenters. The van der Waals surface area contributed by atoms with Crippen LogP contribution in [0.1, 0.15) is 39.1 Å². The second-order valence-electron chi connectivity index (χ2n) is 7.26. The largest absolute Gasteiger partial charge is 0.439 e. The lowest BCUT2D eigenvalue weighted by Crippen LogP contribution is -2.31. The minimum atomic E-state index is -0.311. The van der Waals surface area contributed by atoms with Crippen molar-refractivity contribution in [3.8, 4) is 11.6 Å². The van der Waals surface area contributed by atoms with E-state index in [1.165, 1.54) is 11.1 Å². The van der Waals surface area contributed by atoms with Gasteiger partial charge >= 0.3 is 0 Å². The molecule has 3 aromatic rings. The Balaban J connectivity index is 1.25. The fraction of sp³-hybridized carbons (Fsp3) is 0.167. The zero-order chi connectivity index (χ0) is 21.8. The molecular formula is C24H21N3O4. The summed E-state index contributed by atoms with van der Waals surface area (Å²) >= 11 is 0. The summed E-state index contributed by atoms with van der Waals surface area (Å²) in [7, 11) is 0. The number of imide groups is 1. The van der Waals surface area contributed by atoms with Gasteiger partial charge in [0.1, 0.15) is 5.75 Å². The summed E-state index contributed by atoms with van der Waals surface area (Å²) < 4.78 is 5.67. The lowest BCUT2D eigenvalue weighted by atomic mass is 10.1. The number of rotatable bonds is 7. The maximum Gasteiger partial charge on any atom is 0.261 e. The van der Waals surface area contributed by atoms with E-state index in [-0.39, 0.29) is 30.7 Å². The summed E-state index contributed by atoms with van der Waals surface area (Å²) in [6.07, 6.45) is 2.07. The average molecular weight is 415 g/mol. The van der Waals surface area contributed by atoms with Crippen molar-refractivity contribution in [1.29, 1.82) is 0 Å². The molecule has 156 valence electrons. The Kier molecular flexibility index (Phi) is 5.75. The highest BCUT2D eigenvalue weighted by atomic mass is 16.5. The second kappa shape index (κ2) is 8.79. The van der Waals surface area contributed by atoms with Crippen molar-refractivity contribution in [2.75, 3.05) is 11.9 Å². The van der Waals surface area contributed by atoms with Crippen molar-refractivity contribution < 1.29 is 19.1 Å². The number of aromatic nitrogens is 1. The summed E-state index contributed by atoms with van der Waals surface area (Å²) in [4.78, 5) is 42.3. The Hall–Kier alpha value is -4.00. The third-order valence-corrected chi connectivity index (χ3v) is 4.93. The number of pyridine rings is 1. The smallest absolute Gasteiger partial charge is 0.261 e. The van der Waals surface area contributed by atoms with Gasteiger partial charge in [-0.05, 0) is 43.7 Å². The topological polar surface area (TPSA) is 88.6 Å². The third kappa shape index (κ3) is 4.61. The molecule has 2 aromatic carbocycles. The number of ether oxygens (including phenoxy) is 1. The molecule has 31 heavy (non-hydrogen) atoms. The van der Waals surface area contributed by atoms with Crippen molar-refractivity contribution in [3.05, 3.63) is 83.6 Å². The van der Waals surface area contributed by atoms with Crippen LogP contribution in [0.4, 0.5) is 5.69 Å². The minimum Gasteiger partial charge on any atom is -0.439 e. The van der Waals surface area contributed by atoms with Crippen LogP contribution in [0.3, 0.4) is 0 Å². The number of fused-ring (bicyclic) bond motifs is 1. The molecule has 0 fully saturated rings. The average Bonchev–Trinajstić information content (AvgIpc) is 3.02. The number of benzene rings is 2. The molecule has 0 radical (unpaired) electrons. The van der Waals surface area contributed by atoms with Crippen molar-refractivity contribution >= 4 is 23.4 Å². The molecule has 1 aromatic heterocycles. The lowest BCUT2D eigenvalue weighted by Gasteiger charge is -2.13. The highest BCUT2D eigenvalue weighted by Gasteiger charge is 2.34. The SMILES string of the molecule is Cc1ccc(Oc2ccc(NC(=O)CCCN3C(=O)c4ccccc4C3=O)cn2)cc1. The fourth-order valence-corrected chi connectivity index (χ4v) is 3.31. The van der Waals surface area contributed by atoms with Gasteiger partial charge in [0.05, 0.1) is 23.0 Å². The highest BCUT2D eigenvalue weighted by Crippen LogP contribution is 2.23. The number of anilines is 1. The van der Waals surface area contributed by atoms with Gasteiger partial charge in [-0.3, -0.25) is 19.3 Å². The van der Waals surface area contributed by atoms with Gasteiger partial charge in [0.2, 0.25) is 11.8 Å². The van der Waals surface area contributed by atoms with E-state index in [1.54, 1.807) is 36.4 Å². The van der Waals surface area contributed by atoms with Gasteiger partial charge in [0, 0.05) is 19.0 Å². The number of nitrogens with zero attached hydrogens (tertiary/aromatic N) is 2. The van der Waals surface area contributed by atoms with Crippen molar-refractivity contribution in [1.82, 2.24) is 9.88 Å². The molecule has 7 nitrogen and oxygen atoms in total. The van der Waals surface area contributed by atoms with Gasteiger partial charge in [-0.15, -0.1) is 0 Å². The van der Waals surface area contributed by atoms with Crippen LogP contribution in [0.2, 0.25) is 0 Å². The number of hydrogen-bond donors (Lipinski definition) is 1. The number of hydrogen-bond acceptors (Lipinski definition) is 5. The molecular weight excluding hydrogens is 394 g/mol. The van der Waals surface area contributed by atoms with Gasteiger partial charge in [-0.2, -0.15) is 0 Å². The maximum absolute atomic E-state index is 12.3. The first-order chi connectivity index (χ1) is 15.0. The predicted molar refractivity (Wildman–Crippen MR) is 115 cm³/mol. The zero-order valence-electron chi connectivity index (χ0n) is 17.0. The minimum absolute atomic E-state index is 0.176. The molecule has 1 N–H and O–H groups in total. The highest BCUT2D eigenvalue weighted by molar-refractivity contribution is 6.21. The van der Waals surface area contributed by atoms with Gasteiger partial charge in [0.15, 0.2) is 0 Å². The molecule has 1 aliphatic rings.